The van der Waals surface area contributed by atoms with Crippen molar-refractivity contribution in [1.29, 1.82) is 0 Å². The molecule has 1 radical (unpaired) electrons. The second kappa shape index (κ2) is 9.17. The molecule has 199 valence electrons. The van der Waals surface area contributed by atoms with Crippen molar-refractivity contribution in [3.8, 4) is 0 Å². The van der Waals surface area contributed by atoms with Gasteiger partial charge < -0.3 is 20.6 Å². The van der Waals surface area contributed by atoms with E-state index in [1.165, 1.54) is 0 Å². The summed E-state index contributed by atoms with van der Waals surface area (Å²) in [6.07, 6.45) is -1.09. The predicted octanol–water partition coefficient (Wildman–Crippen LogP) is 5.92. The van der Waals surface area contributed by atoms with E-state index in [4.69, 9.17) is 35.6 Å². The molecular formula is C32H20CuN8. The van der Waals surface area contributed by atoms with Gasteiger partial charge in [0, 0.05) is 22.9 Å². The predicted molar refractivity (Wildman–Crippen MR) is 157 cm³/mol. The largest absolute Gasteiger partial charge is 2.00 e. The first kappa shape index (κ1) is 24.1. The van der Waals surface area contributed by atoms with Crippen LogP contribution in [0.15, 0.2) is 122 Å². The molecule has 3 unspecified atom stereocenters. The molecule has 0 amide bonds. The molecule has 9 rings (SSSR count). The molecular weight excluding hydrogens is 560 g/mol. The normalized spacial score (nSPS) is 23.5. The van der Waals surface area contributed by atoms with Crippen LogP contribution in [-0.4, -0.2) is 29.2 Å². The molecule has 4 aromatic carbocycles. The maximum atomic E-state index is 5.05. The van der Waals surface area contributed by atoms with Crippen molar-refractivity contribution in [1.82, 2.24) is 5.32 Å². The number of rotatable bonds is 0. The summed E-state index contributed by atoms with van der Waals surface area (Å²) in [4.78, 5) is 25.0. The maximum Gasteiger partial charge on any atom is 2.00 e. The van der Waals surface area contributed by atoms with Crippen molar-refractivity contribution in [2.24, 2.45) is 25.0 Å². The van der Waals surface area contributed by atoms with E-state index in [0.717, 1.165) is 44.5 Å². The first-order valence-corrected chi connectivity index (χ1v) is 13.3. The van der Waals surface area contributed by atoms with Gasteiger partial charge in [0.2, 0.25) is 0 Å². The average molecular weight is 580 g/mol. The minimum absolute atomic E-state index is 0. The molecule has 0 spiro atoms. The summed E-state index contributed by atoms with van der Waals surface area (Å²) in [5, 5.41) is 13.7. The zero-order valence-corrected chi connectivity index (χ0v) is 22.3. The Balaban J connectivity index is 0.00000256. The fraction of sp³-hybridized carbons (Fsp3) is 0.0938. The van der Waals surface area contributed by atoms with E-state index in [2.05, 4.69) is 35.6 Å². The summed E-state index contributed by atoms with van der Waals surface area (Å²) in [5.41, 5.74) is 7.90. The molecule has 1 N–H and O–H groups in total. The molecule has 41 heavy (non-hydrogen) atoms. The molecule has 8 bridgehead atoms. The summed E-state index contributed by atoms with van der Waals surface area (Å²) < 4.78 is 0. The minimum atomic E-state index is -0.464. The van der Waals surface area contributed by atoms with Gasteiger partial charge in [-0.3, -0.25) is 15.3 Å². The number of benzene rings is 4. The first-order valence-electron chi connectivity index (χ1n) is 13.3. The van der Waals surface area contributed by atoms with Gasteiger partial charge in [-0.25, -0.2) is 4.99 Å². The molecule has 3 atom stereocenters. The van der Waals surface area contributed by atoms with E-state index < -0.39 is 6.17 Å². The van der Waals surface area contributed by atoms with Crippen molar-refractivity contribution in [3.63, 3.8) is 0 Å². The van der Waals surface area contributed by atoms with Gasteiger partial charge in [0.1, 0.15) is 6.17 Å². The Morgan fingerprint density at radius 3 is 1.80 bits per heavy atom. The summed E-state index contributed by atoms with van der Waals surface area (Å²) in [6.45, 7) is 0. The molecule has 0 saturated heterocycles. The second-order valence-electron chi connectivity index (χ2n) is 10.1. The first-order chi connectivity index (χ1) is 19.8. The van der Waals surface area contributed by atoms with Crippen LogP contribution < -0.4 is 5.32 Å². The third kappa shape index (κ3) is 3.67. The minimum Gasteiger partial charge on any atom is -0.445 e. The van der Waals surface area contributed by atoms with Gasteiger partial charge in [-0.2, -0.15) is 0 Å². The molecule has 5 aliphatic heterocycles. The Morgan fingerprint density at radius 2 is 1.02 bits per heavy atom. The van der Waals surface area contributed by atoms with Gasteiger partial charge in [-0.05, 0) is 27.8 Å². The van der Waals surface area contributed by atoms with Gasteiger partial charge in [-0.1, -0.05) is 109 Å². The molecule has 8 nitrogen and oxygen atoms in total. The zero-order valence-electron chi connectivity index (χ0n) is 21.4. The maximum absolute atomic E-state index is 5.05. The number of aliphatic imine (C=N–C) groups is 5. The quantitative estimate of drug-likeness (QED) is 0.257. The smallest absolute Gasteiger partial charge is 0.445 e. The van der Waals surface area contributed by atoms with Gasteiger partial charge in [-0.15, -0.1) is 0 Å². The molecule has 0 fully saturated rings. The number of hydrogen-bond acceptors (Lipinski definition) is 6. The fourth-order valence-electron chi connectivity index (χ4n) is 5.94. The Morgan fingerprint density at radius 1 is 0.488 bits per heavy atom. The average Bonchev–Trinajstić information content (AvgIpc) is 3.73. The van der Waals surface area contributed by atoms with Gasteiger partial charge >= 0.3 is 17.1 Å². The Bertz CT molecular complexity index is 1920. The van der Waals surface area contributed by atoms with Crippen molar-refractivity contribution >= 4 is 29.2 Å². The molecule has 5 heterocycles. The summed E-state index contributed by atoms with van der Waals surface area (Å²) >= 11 is 0. The van der Waals surface area contributed by atoms with E-state index >= 15 is 0 Å². The Kier molecular flexibility index (Phi) is 5.40. The molecule has 0 aliphatic carbocycles. The van der Waals surface area contributed by atoms with E-state index in [1.54, 1.807) is 0 Å². The van der Waals surface area contributed by atoms with Crippen LogP contribution >= 0.6 is 0 Å². The molecule has 0 aromatic heterocycles. The molecule has 5 aliphatic rings. The van der Waals surface area contributed by atoms with Crippen LogP contribution in [0.3, 0.4) is 0 Å². The van der Waals surface area contributed by atoms with Crippen molar-refractivity contribution in [2.75, 3.05) is 0 Å². The SMILES string of the molecule is [Cu+2].c1ccc2c(c1)C1=N/C2=N\C2[N-]C(=NC3=NC(NC4[N-]C(=N1)c1ccccc14)c1ccccc13)c1ccccc12. The number of hydrogen-bond donors (Lipinski definition) is 1. The monoisotopic (exact) mass is 579 g/mol. The van der Waals surface area contributed by atoms with Crippen LogP contribution in [0.25, 0.3) is 10.6 Å². The van der Waals surface area contributed by atoms with Gasteiger partial charge in [0.05, 0.1) is 17.8 Å². The van der Waals surface area contributed by atoms with Crippen LogP contribution in [0.4, 0.5) is 0 Å². The summed E-state index contributed by atoms with van der Waals surface area (Å²) in [6, 6.07) is 32.5. The van der Waals surface area contributed by atoms with E-state index in [1.807, 2.05) is 66.7 Å². The van der Waals surface area contributed by atoms with E-state index in [-0.39, 0.29) is 29.4 Å². The Hall–Kier alpha value is -4.69. The van der Waals surface area contributed by atoms with E-state index in [0.29, 0.717) is 29.2 Å². The van der Waals surface area contributed by atoms with E-state index in [9.17, 15) is 0 Å². The number of amidine groups is 5. The van der Waals surface area contributed by atoms with Crippen LogP contribution in [0, 0.1) is 0 Å². The third-order valence-corrected chi connectivity index (χ3v) is 7.82. The van der Waals surface area contributed by atoms with Crippen molar-refractivity contribution in [3.05, 3.63) is 152 Å². The van der Waals surface area contributed by atoms with Gasteiger partial charge in [0.25, 0.3) is 0 Å². The summed E-state index contributed by atoms with van der Waals surface area (Å²) in [5.74, 6) is 3.12. The van der Waals surface area contributed by atoms with Crippen LogP contribution in [0.2, 0.25) is 0 Å². The summed E-state index contributed by atoms with van der Waals surface area (Å²) in [7, 11) is 0. The van der Waals surface area contributed by atoms with Crippen molar-refractivity contribution in [2.45, 2.75) is 18.5 Å². The topological polar surface area (TPSA) is 102 Å². The van der Waals surface area contributed by atoms with Crippen molar-refractivity contribution < 1.29 is 17.1 Å². The van der Waals surface area contributed by atoms with Gasteiger partial charge in [0.15, 0.2) is 5.84 Å². The molecule has 9 heteroatoms. The second-order valence-corrected chi connectivity index (χ2v) is 10.1. The molecule has 0 saturated carbocycles. The molecule has 4 aromatic rings. The number of nitrogens with one attached hydrogen (secondary N) is 1. The fourth-order valence-corrected chi connectivity index (χ4v) is 5.94. The van der Waals surface area contributed by atoms with Crippen LogP contribution in [0.5, 0.6) is 0 Å². The standard InChI is InChI=1S/C32H20N8.Cu/c1-2-10-18-17(9-1)25-33-26(18)38-28-21-13-5-6-14-22(21)30(35-28)40-32-24-16-8-7-15-23(24)31(36-32)39-29-20-12-4-3-11-19(20)27(34-29)37-25;/h1-16,25,27,30,37H;/q-2;+2. The number of fused-ring (bicyclic) bond motifs is 18. The third-order valence-electron chi connectivity index (χ3n) is 7.82. The zero-order chi connectivity index (χ0) is 26.2. The Labute approximate surface area is 246 Å². The van der Waals surface area contributed by atoms with Crippen LogP contribution in [-0.2, 0) is 17.1 Å². The van der Waals surface area contributed by atoms with Crippen LogP contribution in [0.1, 0.15) is 63.0 Å². The number of nitrogens with zero attached hydrogens (tertiary/aromatic N) is 7.